The summed E-state index contributed by atoms with van der Waals surface area (Å²) in [5, 5.41) is 3.32. The highest BCUT2D eigenvalue weighted by molar-refractivity contribution is 7.04. The predicted molar refractivity (Wildman–Crippen MR) is 120 cm³/mol. The maximum atomic E-state index is 6.41. The molecule has 0 radical (unpaired) electrons. The zero-order chi connectivity index (χ0) is 19.3. The van der Waals surface area contributed by atoms with Crippen molar-refractivity contribution in [1.82, 2.24) is 0 Å². The number of ether oxygens (including phenoxy) is 1. The normalized spacial score (nSPS) is 20.3. The molecule has 0 saturated carbocycles. The number of benzene rings is 2. The van der Waals surface area contributed by atoms with Gasteiger partial charge in [-0.25, -0.2) is 0 Å². The quantitative estimate of drug-likeness (QED) is 0.416. The van der Waals surface area contributed by atoms with Gasteiger partial charge < -0.3 is 4.74 Å². The summed E-state index contributed by atoms with van der Waals surface area (Å²) in [6.07, 6.45) is 7.34. The molecule has 1 heterocycles. The summed E-state index contributed by atoms with van der Waals surface area (Å²) in [5.41, 5.74) is 0. The van der Waals surface area contributed by atoms with Gasteiger partial charge in [0, 0.05) is 0 Å². The standard InChI is InChI=1S/C25H36OSi/c1-5-6-9-14-21-19-22(26-21)20-27(25(2,3)4,23-15-10-7-11-16-23)24-17-12-8-13-18-24/h7-8,10-13,15-18,21-22H,5-6,9,14,19-20H2,1-4H3/t21-,22-/m1/s1. The molecule has 0 aliphatic carbocycles. The molecule has 0 spiro atoms. The largest absolute Gasteiger partial charge is 0.375 e. The third kappa shape index (κ3) is 4.38. The first-order valence-corrected chi connectivity index (χ1v) is 12.9. The van der Waals surface area contributed by atoms with Gasteiger partial charge in [0.25, 0.3) is 0 Å². The Kier molecular flexibility index (Phi) is 6.59. The molecule has 146 valence electrons. The Morgan fingerprint density at radius 1 is 0.852 bits per heavy atom. The van der Waals surface area contributed by atoms with Crippen molar-refractivity contribution in [2.24, 2.45) is 0 Å². The molecule has 2 aromatic carbocycles. The van der Waals surface area contributed by atoms with E-state index in [1.807, 2.05) is 0 Å². The summed E-state index contributed by atoms with van der Waals surface area (Å²) in [6.45, 7) is 9.59. The fraction of sp³-hybridized carbons (Fsp3) is 0.520. The lowest BCUT2D eigenvalue weighted by Crippen LogP contribution is -2.66. The van der Waals surface area contributed by atoms with E-state index in [4.69, 9.17) is 4.74 Å². The smallest absolute Gasteiger partial charge is 0.125 e. The van der Waals surface area contributed by atoms with Crippen LogP contribution in [-0.4, -0.2) is 20.3 Å². The lowest BCUT2D eigenvalue weighted by atomic mass is 10.0. The second-order valence-electron chi connectivity index (χ2n) is 9.20. The summed E-state index contributed by atoms with van der Waals surface area (Å²) >= 11 is 0. The fourth-order valence-electron chi connectivity index (χ4n) is 4.86. The van der Waals surface area contributed by atoms with Crippen LogP contribution in [-0.2, 0) is 4.74 Å². The molecule has 2 heteroatoms. The first-order chi connectivity index (χ1) is 13.0. The maximum absolute atomic E-state index is 6.41. The van der Waals surface area contributed by atoms with Crippen LogP contribution >= 0.6 is 0 Å². The topological polar surface area (TPSA) is 9.23 Å². The Balaban J connectivity index is 1.87. The molecule has 27 heavy (non-hydrogen) atoms. The molecule has 1 nitrogen and oxygen atoms in total. The minimum absolute atomic E-state index is 0.229. The van der Waals surface area contributed by atoms with Gasteiger partial charge in [-0.05, 0) is 23.9 Å². The van der Waals surface area contributed by atoms with Crippen molar-refractivity contribution in [1.29, 1.82) is 0 Å². The molecular formula is C25H36OSi. The van der Waals surface area contributed by atoms with Gasteiger partial charge >= 0.3 is 0 Å². The molecule has 0 N–H and O–H groups in total. The third-order valence-corrected chi connectivity index (χ3v) is 12.7. The summed E-state index contributed by atoms with van der Waals surface area (Å²) in [7, 11) is -1.97. The SMILES string of the molecule is CCCCC[C@@H]1C[C@H](C[Si](c2ccccc2)(c2ccccc2)C(C)(C)C)O1. The van der Waals surface area contributed by atoms with Gasteiger partial charge in [-0.2, -0.15) is 0 Å². The minimum atomic E-state index is -1.97. The maximum Gasteiger partial charge on any atom is 0.125 e. The number of rotatable bonds is 8. The van der Waals surface area contributed by atoms with Gasteiger partial charge in [-0.15, -0.1) is 0 Å². The van der Waals surface area contributed by atoms with Gasteiger partial charge in [-0.1, -0.05) is 118 Å². The van der Waals surface area contributed by atoms with Crippen molar-refractivity contribution >= 4 is 18.4 Å². The third-order valence-electron chi connectivity index (χ3n) is 6.39. The molecule has 0 amide bonds. The van der Waals surface area contributed by atoms with Crippen molar-refractivity contribution in [3.8, 4) is 0 Å². The van der Waals surface area contributed by atoms with Crippen LogP contribution in [0.25, 0.3) is 0 Å². The van der Waals surface area contributed by atoms with Gasteiger partial charge in [0.2, 0.25) is 0 Å². The van der Waals surface area contributed by atoms with E-state index in [9.17, 15) is 0 Å². The molecule has 1 fully saturated rings. The zero-order valence-electron chi connectivity index (χ0n) is 17.6. The Morgan fingerprint density at radius 2 is 1.37 bits per heavy atom. The van der Waals surface area contributed by atoms with E-state index in [2.05, 4.69) is 88.4 Å². The number of unbranched alkanes of at least 4 members (excludes halogenated alkanes) is 2. The highest BCUT2D eigenvalue weighted by Crippen LogP contribution is 2.42. The molecule has 1 saturated heterocycles. The van der Waals surface area contributed by atoms with Crippen molar-refractivity contribution in [3.05, 3.63) is 60.7 Å². The Hall–Kier alpha value is -1.38. The van der Waals surface area contributed by atoms with Crippen molar-refractivity contribution < 1.29 is 4.74 Å². The molecule has 1 aliphatic heterocycles. The molecule has 1 aliphatic rings. The Morgan fingerprint density at radius 3 is 1.81 bits per heavy atom. The van der Waals surface area contributed by atoms with Crippen LogP contribution in [0.3, 0.4) is 0 Å². The highest BCUT2D eigenvalue weighted by atomic mass is 28.3. The van der Waals surface area contributed by atoms with Crippen LogP contribution in [0.5, 0.6) is 0 Å². The van der Waals surface area contributed by atoms with Gasteiger partial charge in [0.05, 0.1) is 12.2 Å². The second kappa shape index (κ2) is 8.75. The van der Waals surface area contributed by atoms with E-state index in [1.165, 1.54) is 38.1 Å². The van der Waals surface area contributed by atoms with Crippen LogP contribution in [0.15, 0.2) is 60.7 Å². The van der Waals surface area contributed by atoms with Crippen LogP contribution in [0, 0.1) is 0 Å². The summed E-state index contributed by atoms with van der Waals surface area (Å²) in [5.74, 6) is 0. The lowest BCUT2D eigenvalue weighted by Gasteiger charge is -2.49. The van der Waals surface area contributed by atoms with E-state index < -0.39 is 8.07 Å². The van der Waals surface area contributed by atoms with Crippen LogP contribution in [0.1, 0.15) is 59.8 Å². The predicted octanol–water partition coefficient (Wildman–Crippen LogP) is 5.79. The Labute approximate surface area is 167 Å². The highest BCUT2D eigenvalue weighted by Gasteiger charge is 2.50. The second-order valence-corrected chi connectivity index (χ2v) is 14.1. The van der Waals surface area contributed by atoms with E-state index >= 15 is 0 Å². The fourth-order valence-corrected chi connectivity index (χ4v) is 10.5. The zero-order valence-corrected chi connectivity index (χ0v) is 18.6. The first kappa shape index (κ1) is 20.4. The van der Waals surface area contributed by atoms with E-state index in [0.29, 0.717) is 12.2 Å². The minimum Gasteiger partial charge on any atom is -0.375 e. The van der Waals surface area contributed by atoms with Crippen molar-refractivity contribution in [3.63, 3.8) is 0 Å². The number of hydrogen-bond acceptors (Lipinski definition) is 1. The average Bonchev–Trinajstić information content (AvgIpc) is 2.63. The van der Waals surface area contributed by atoms with Gasteiger partial charge in [0.15, 0.2) is 0 Å². The van der Waals surface area contributed by atoms with Crippen LogP contribution in [0.4, 0.5) is 0 Å². The monoisotopic (exact) mass is 380 g/mol. The van der Waals surface area contributed by atoms with Gasteiger partial charge in [-0.3, -0.25) is 0 Å². The van der Waals surface area contributed by atoms with Crippen molar-refractivity contribution in [2.45, 2.75) is 83.1 Å². The molecule has 0 unspecified atom stereocenters. The van der Waals surface area contributed by atoms with E-state index in [0.717, 1.165) is 0 Å². The molecule has 3 rings (SSSR count). The molecule has 0 aromatic heterocycles. The van der Waals surface area contributed by atoms with Gasteiger partial charge in [0.1, 0.15) is 8.07 Å². The molecular weight excluding hydrogens is 344 g/mol. The van der Waals surface area contributed by atoms with Crippen LogP contribution in [0.2, 0.25) is 11.1 Å². The molecule has 0 bridgehead atoms. The summed E-state index contributed by atoms with van der Waals surface area (Å²) in [6, 6.07) is 23.8. The number of hydrogen-bond donors (Lipinski definition) is 0. The van der Waals surface area contributed by atoms with E-state index in [1.54, 1.807) is 10.4 Å². The van der Waals surface area contributed by atoms with Crippen molar-refractivity contribution in [2.75, 3.05) is 0 Å². The molecule has 2 atom stereocenters. The summed E-state index contributed by atoms with van der Waals surface area (Å²) in [4.78, 5) is 0. The van der Waals surface area contributed by atoms with E-state index in [-0.39, 0.29) is 5.04 Å². The summed E-state index contributed by atoms with van der Waals surface area (Å²) < 4.78 is 6.41. The first-order valence-electron chi connectivity index (χ1n) is 10.7. The lowest BCUT2D eigenvalue weighted by molar-refractivity contribution is -0.117. The molecule has 2 aromatic rings. The Bertz CT molecular complexity index is 644. The average molecular weight is 381 g/mol. The van der Waals surface area contributed by atoms with Crippen LogP contribution < -0.4 is 10.4 Å².